The van der Waals surface area contributed by atoms with Gasteiger partial charge in [0.25, 0.3) is 0 Å². The van der Waals surface area contributed by atoms with Crippen LogP contribution in [0, 0.1) is 11.6 Å². The van der Waals surface area contributed by atoms with Crippen molar-refractivity contribution in [2.24, 2.45) is 5.73 Å². The molecule has 1 fully saturated rings. The summed E-state index contributed by atoms with van der Waals surface area (Å²) in [6.07, 6.45) is 3.02. The fourth-order valence-corrected chi connectivity index (χ4v) is 2.74. The molecular weight excluding hydrogens is 262 g/mol. The van der Waals surface area contributed by atoms with Crippen molar-refractivity contribution in [1.29, 1.82) is 0 Å². The molecule has 2 atom stereocenters. The number of amides is 1. The number of benzene rings is 1. The van der Waals surface area contributed by atoms with Crippen LogP contribution in [0.25, 0.3) is 0 Å². The second-order valence-electron chi connectivity index (χ2n) is 5.43. The molecule has 0 unspecified atom stereocenters. The average molecular weight is 282 g/mol. The number of hydrogen-bond acceptors (Lipinski definition) is 2. The molecule has 3 nitrogen and oxygen atoms in total. The lowest BCUT2D eigenvalue weighted by molar-refractivity contribution is -0.134. The molecule has 2 N–H and O–H groups in total. The summed E-state index contributed by atoms with van der Waals surface area (Å²) in [5.74, 6) is -1.89. The Morgan fingerprint density at radius 3 is 2.80 bits per heavy atom. The summed E-state index contributed by atoms with van der Waals surface area (Å²) >= 11 is 0. The highest BCUT2D eigenvalue weighted by atomic mass is 19.2. The minimum Gasteiger partial charge on any atom is -0.338 e. The van der Waals surface area contributed by atoms with Crippen molar-refractivity contribution in [1.82, 2.24) is 4.90 Å². The Balaban J connectivity index is 2.07. The largest absolute Gasteiger partial charge is 0.338 e. The van der Waals surface area contributed by atoms with Crippen molar-refractivity contribution in [3.05, 3.63) is 35.4 Å². The molecule has 1 aromatic carbocycles. The normalized spacial score (nSPS) is 20.8. The van der Waals surface area contributed by atoms with Crippen molar-refractivity contribution in [3.8, 4) is 0 Å². The first-order valence-electron chi connectivity index (χ1n) is 6.98. The molecule has 0 aromatic heterocycles. The summed E-state index contributed by atoms with van der Waals surface area (Å²) in [7, 11) is 0. The van der Waals surface area contributed by atoms with E-state index >= 15 is 0 Å². The highest BCUT2D eigenvalue weighted by molar-refractivity contribution is 5.79. The maximum Gasteiger partial charge on any atom is 0.227 e. The number of likely N-dealkylation sites (tertiary alicyclic amines) is 1. The Hall–Kier alpha value is -1.49. The lowest BCUT2D eigenvalue weighted by atomic mass is 9.96. The van der Waals surface area contributed by atoms with E-state index in [1.165, 1.54) is 6.07 Å². The number of carbonyl (C=O) groups is 1. The van der Waals surface area contributed by atoms with Gasteiger partial charge < -0.3 is 10.6 Å². The number of piperidine rings is 1. The Labute approximate surface area is 117 Å². The van der Waals surface area contributed by atoms with Crippen LogP contribution in [0.2, 0.25) is 0 Å². The molecule has 1 aliphatic rings. The van der Waals surface area contributed by atoms with E-state index in [0.717, 1.165) is 31.4 Å². The van der Waals surface area contributed by atoms with Crippen LogP contribution < -0.4 is 5.73 Å². The first-order valence-corrected chi connectivity index (χ1v) is 6.98. The van der Waals surface area contributed by atoms with Crippen molar-refractivity contribution in [2.75, 3.05) is 6.54 Å². The van der Waals surface area contributed by atoms with Crippen LogP contribution in [-0.2, 0) is 11.2 Å². The monoisotopic (exact) mass is 282 g/mol. The molecule has 0 bridgehead atoms. The van der Waals surface area contributed by atoms with Crippen LogP contribution in [-0.4, -0.2) is 29.4 Å². The van der Waals surface area contributed by atoms with Crippen LogP contribution in [0.5, 0.6) is 0 Å². The summed E-state index contributed by atoms with van der Waals surface area (Å²) in [6, 6.07) is 3.54. The molecule has 2 rings (SSSR count). The Morgan fingerprint density at radius 2 is 2.15 bits per heavy atom. The minimum atomic E-state index is -0.919. The van der Waals surface area contributed by atoms with Crippen molar-refractivity contribution in [2.45, 2.75) is 44.7 Å². The van der Waals surface area contributed by atoms with E-state index in [4.69, 9.17) is 5.73 Å². The molecule has 20 heavy (non-hydrogen) atoms. The van der Waals surface area contributed by atoms with E-state index in [1.54, 1.807) is 4.90 Å². The third kappa shape index (κ3) is 3.33. The number of halogens is 2. The molecule has 0 saturated carbocycles. The zero-order valence-electron chi connectivity index (χ0n) is 11.6. The molecule has 0 radical (unpaired) electrons. The van der Waals surface area contributed by atoms with E-state index < -0.39 is 11.6 Å². The summed E-state index contributed by atoms with van der Waals surface area (Å²) in [6.45, 7) is 2.59. The second-order valence-corrected chi connectivity index (χ2v) is 5.43. The van der Waals surface area contributed by atoms with Gasteiger partial charge in [-0.1, -0.05) is 6.07 Å². The predicted molar refractivity (Wildman–Crippen MR) is 73.1 cm³/mol. The second kappa shape index (κ2) is 6.31. The van der Waals surface area contributed by atoms with Gasteiger partial charge in [-0.2, -0.15) is 0 Å². The number of nitrogens with zero attached hydrogens (tertiary/aromatic N) is 1. The number of hydrogen-bond donors (Lipinski definition) is 1. The van der Waals surface area contributed by atoms with Crippen LogP contribution in [0.1, 0.15) is 31.7 Å². The summed E-state index contributed by atoms with van der Waals surface area (Å²) in [5, 5.41) is 0. The van der Waals surface area contributed by atoms with Gasteiger partial charge in [0.1, 0.15) is 0 Å². The Kier molecular flexibility index (Phi) is 4.70. The SMILES string of the molecule is C[C@@H](N)[C@@H]1CCCCN1C(=O)Cc1ccc(F)c(F)c1. The van der Waals surface area contributed by atoms with E-state index in [9.17, 15) is 13.6 Å². The van der Waals surface area contributed by atoms with E-state index in [2.05, 4.69) is 0 Å². The molecule has 1 aliphatic heterocycles. The highest BCUT2D eigenvalue weighted by Crippen LogP contribution is 2.20. The smallest absolute Gasteiger partial charge is 0.227 e. The summed E-state index contributed by atoms with van der Waals surface area (Å²) < 4.78 is 26.0. The Bertz CT molecular complexity index is 491. The quantitative estimate of drug-likeness (QED) is 0.924. The molecule has 110 valence electrons. The zero-order chi connectivity index (χ0) is 14.7. The summed E-state index contributed by atoms with van der Waals surface area (Å²) in [4.78, 5) is 14.1. The molecule has 1 saturated heterocycles. The fourth-order valence-electron chi connectivity index (χ4n) is 2.74. The molecule has 1 heterocycles. The van der Waals surface area contributed by atoms with E-state index in [1.807, 2.05) is 6.92 Å². The fraction of sp³-hybridized carbons (Fsp3) is 0.533. The third-order valence-corrected chi connectivity index (χ3v) is 3.82. The van der Waals surface area contributed by atoms with Crippen LogP contribution >= 0.6 is 0 Å². The van der Waals surface area contributed by atoms with Crippen LogP contribution in [0.15, 0.2) is 18.2 Å². The third-order valence-electron chi connectivity index (χ3n) is 3.82. The van der Waals surface area contributed by atoms with Crippen molar-refractivity contribution < 1.29 is 13.6 Å². The Morgan fingerprint density at radius 1 is 1.40 bits per heavy atom. The van der Waals surface area contributed by atoms with Crippen molar-refractivity contribution >= 4 is 5.91 Å². The van der Waals surface area contributed by atoms with Gasteiger partial charge in [-0.3, -0.25) is 4.79 Å². The first-order chi connectivity index (χ1) is 9.49. The van der Waals surface area contributed by atoms with Crippen LogP contribution in [0.4, 0.5) is 8.78 Å². The van der Waals surface area contributed by atoms with Gasteiger partial charge in [0.15, 0.2) is 11.6 Å². The van der Waals surface area contributed by atoms with E-state index in [-0.39, 0.29) is 24.4 Å². The molecule has 1 amide bonds. The maximum absolute atomic E-state index is 13.2. The van der Waals surface area contributed by atoms with Gasteiger partial charge in [-0.05, 0) is 43.9 Å². The van der Waals surface area contributed by atoms with Gasteiger partial charge in [0, 0.05) is 18.6 Å². The molecular formula is C15H20F2N2O. The number of carbonyl (C=O) groups excluding carboxylic acids is 1. The minimum absolute atomic E-state index is 0.0431. The molecule has 1 aromatic rings. The standard InChI is InChI=1S/C15H20F2N2O/c1-10(18)14-4-2-3-7-19(14)15(20)9-11-5-6-12(16)13(17)8-11/h5-6,8,10,14H,2-4,7,9,18H2,1H3/t10-,14+/m1/s1. The van der Waals surface area contributed by atoms with Crippen LogP contribution in [0.3, 0.4) is 0 Å². The van der Waals surface area contributed by atoms with Gasteiger partial charge in [0.05, 0.1) is 6.42 Å². The number of nitrogens with two attached hydrogens (primary N) is 1. The maximum atomic E-state index is 13.2. The van der Waals surface area contributed by atoms with Gasteiger partial charge in [-0.25, -0.2) is 8.78 Å². The molecule has 5 heteroatoms. The zero-order valence-corrected chi connectivity index (χ0v) is 11.6. The van der Waals surface area contributed by atoms with Gasteiger partial charge >= 0.3 is 0 Å². The predicted octanol–water partition coefficient (Wildman–Crippen LogP) is 2.24. The highest BCUT2D eigenvalue weighted by Gasteiger charge is 2.29. The lowest BCUT2D eigenvalue weighted by Crippen LogP contribution is -2.52. The average Bonchev–Trinajstić information content (AvgIpc) is 2.43. The summed E-state index contributed by atoms with van der Waals surface area (Å²) in [5.41, 5.74) is 6.42. The number of rotatable bonds is 3. The van der Waals surface area contributed by atoms with Gasteiger partial charge in [-0.15, -0.1) is 0 Å². The van der Waals surface area contributed by atoms with Gasteiger partial charge in [0.2, 0.25) is 5.91 Å². The molecule has 0 aliphatic carbocycles. The van der Waals surface area contributed by atoms with E-state index in [0.29, 0.717) is 12.1 Å². The first kappa shape index (κ1) is 14.9. The molecule has 0 spiro atoms. The topological polar surface area (TPSA) is 46.3 Å². The van der Waals surface area contributed by atoms with Crippen molar-refractivity contribution in [3.63, 3.8) is 0 Å². The lowest BCUT2D eigenvalue weighted by Gasteiger charge is -2.38.